The Bertz CT molecular complexity index is 1390. The van der Waals surface area contributed by atoms with E-state index in [4.69, 9.17) is 20.6 Å². The molecule has 3 aliphatic rings. The quantitative estimate of drug-likeness (QED) is 0.505. The van der Waals surface area contributed by atoms with Crippen molar-refractivity contribution in [1.29, 1.82) is 0 Å². The van der Waals surface area contributed by atoms with Crippen LogP contribution in [0.4, 0.5) is 10.2 Å². The highest BCUT2D eigenvalue weighted by Gasteiger charge is 2.34. The number of amides is 2. The van der Waals surface area contributed by atoms with Crippen LogP contribution in [-0.2, 0) is 4.79 Å². The lowest BCUT2D eigenvalue weighted by Gasteiger charge is -2.35. The predicted octanol–water partition coefficient (Wildman–Crippen LogP) is 2.39. The predicted molar refractivity (Wildman–Crippen MR) is 139 cm³/mol. The number of hydrogen-bond donors (Lipinski definition) is 2. The minimum Gasteiger partial charge on any atom is -0.483 e. The van der Waals surface area contributed by atoms with Crippen molar-refractivity contribution in [3.63, 3.8) is 0 Å². The number of anilines is 1. The Hall–Kier alpha value is -3.73. The molecule has 1 saturated carbocycles. The number of benzene rings is 1. The molecule has 38 heavy (non-hydrogen) atoms. The Kier molecular flexibility index (Phi) is 6.38. The summed E-state index contributed by atoms with van der Waals surface area (Å²) in [7, 11) is 1.96. The molecular weight excluding hydrogens is 489 g/mol. The Morgan fingerprint density at radius 2 is 1.95 bits per heavy atom. The molecular formula is C27H32FN7O3. The molecule has 1 aliphatic carbocycles. The molecule has 6 rings (SSSR count). The maximum absolute atomic E-state index is 14.3. The fraction of sp³-hybridized carbons (Fsp3) is 0.481. The number of hydrogen-bond acceptors (Lipinski definition) is 7. The highest BCUT2D eigenvalue weighted by molar-refractivity contribution is 5.97. The van der Waals surface area contributed by atoms with Crippen molar-refractivity contribution in [3.8, 4) is 5.75 Å². The first-order valence-corrected chi connectivity index (χ1v) is 13.2. The van der Waals surface area contributed by atoms with Gasteiger partial charge in [-0.15, -0.1) is 0 Å². The second-order valence-corrected chi connectivity index (χ2v) is 10.5. The lowest BCUT2D eigenvalue weighted by molar-refractivity contribution is -0.123. The Morgan fingerprint density at radius 3 is 2.76 bits per heavy atom. The highest BCUT2D eigenvalue weighted by Crippen LogP contribution is 2.38. The van der Waals surface area contributed by atoms with E-state index in [2.05, 4.69) is 11.4 Å². The number of piperidine rings is 1. The zero-order valence-corrected chi connectivity index (χ0v) is 21.4. The summed E-state index contributed by atoms with van der Waals surface area (Å²) in [4.78, 5) is 35.0. The third kappa shape index (κ3) is 4.55. The first-order chi connectivity index (χ1) is 18.4. The Labute approximate surface area is 219 Å². The van der Waals surface area contributed by atoms with E-state index < -0.39 is 5.82 Å². The number of carbonyl (C=O) groups is 2. The minimum absolute atomic E-state index is 0.0997. The summed E-state index contributed by atoms with van der Waals surface area (Å²) in [6.45, 7) is 1.16. The van der Waals surface area contributed by atoms with Crippen molar-refractivity contribution in [2.75, 3.05) is 38.2 Å². The topological polar surface area (TPSA) is 118 Å². The average molecular weight is 522 g/mol. The molecule has 1 atom stereocenters. The van der Waals surface area contributed by atoms with Crippen LogP contribution in [0.5, 0.6) is 5.75 Å². The molecule has 1 aromatic carbocycles. The molecule has 1 saturated heterocycles. The molecule has 2 amide bonds. The molecule has 3 aromatic rings. The monoisotopic (exact) mass is 521 g/mol. The van der Waals surface area contributed by atoms with E-state index in [1.807, 2.05) is 22.5 Å². The zero-order valence-electron chi connectivity index (χ0n) is 21.4. The lowest BCUT2D eigenvalue weighted by Crippen LogP contribution is -2.39. The molecule has 2 aliphatic heterocycles. The van der Waals surface area contributed by atoms with Gasteiger partial charge in [0.1, 0.15) is 17.4 Å². The van der Waals surface area contributed by atoms with Gasteiger partial charge in [0.15, 0.2) is 12.3 Å². The molecule has 2 aromatic heterocycles. The molecule has 11 heteroatoms. The van der Waals surface area contributed by atoms with Gasteiger partial charge in [-0.2, -0.15) is 9.61 Å². The van der Waals surface area contributed by atoms with Crippen molar-refractivity contribution in [2.24, 2.45) is 5.73 Å². The van der Waals surface area contributed by atoms with Gasteiger partial charge < -0.3 is 25.6 Å². The van der Waals surface area contributed by atoms with Gasteiger partial charge in [-0.05, 0) is 50.3 Å². The average Bonchev–Trinajstić information content (AvgIpc) is 3.33. The summed E-state index contributed by atoms with van der Waals surface area (Å²) in [5.41, 5.74) is 8.60. The van der Waals surface area contributed by atoms with Crippen LogP contribution in [0.1, 0.15) is 65.8 Å². The molecule has 0 spiro atoms. The van der Waals surface area contributed by atoms with Crippen molar-refractivity contribution >= 4 is 23.3 Å². The third-order valence-electron chi connectivity index (χ3n) is 7.84. The van der Waals surface area contributed by atoms with E-state index in [0.717, 1.165) is 49.3 Å². The van der Waals surface area contributed by atoms with Gasteiger partial charge in [0.25, 0.3) is 11.8 Å². The van der Waals surface area contributed by atoms with E-state index in [1.165, 1.54) is 18.2 Å². The molecule has 2 fully saturated rings. The van der Waals surface area contributed by atoms with Gasteiger partial charge in [-0.1, -0.05) is 0 Å². The van der Waals surface area contributed by atoms with E-state index in [9.17, 15) is 14.0 Å². The number of carbonyl (C=O) groups excluding carboxylic acids is 2. The highest BCUT2D eigenvalue weighted by atomic mass is 19.1. The smallest absolute Gasteiger partial charge is 0.258 e. The number of fused-ring (bicyclic) bond motifs is 4. The number of nitrogens with one attached hydrogen (secondary N) is 1. The van der Waals surface area contributed by atoms with Gasteiger partial charge in [-0.25, -0.2) is 9.37 Å². The van der Waals surface area contributed by atoms with Crippen LogP contribution in [0.25, 0.3) is 5.65 Å². The zero-order chi connectivity index (χ0) is 26.4. The molecule has 0 radical (unpaired) electrons. The van der Waals surface area contributed by atoms with E-state index in [-0.39, 0.29) is 41.8 Å². The normalized spacial score (nSPS) is 24.4. The summed E-state index contributed by atoms with van der Waals surface area (Å²) in [6, 6.07) is 7.73. The van der Waals surface area contributed by atoms with Crippen molar-refractivity contribution in [1.82, 2.24) is 24.8 Å². The fourth-order valence-electron chi connectivity index (χ4n) is 5.65. The van der Waals surface area contributed by atoms with Gasteiger partial charge in [0, 0.05) is 56.5 Å². The van der Waals surface area contributed by atoms with Crippen molar-refractivity contribution in [2.45, 2.75) is 50.1 Å². The van der Waals surface area contributed by atoms with Crippen LogP contribution in [-0.4, -0.2) is 70.6 Å². The van der Waals surface area contributed by atoms with Crippen LogP contribution >= 0.6 is 0 Å². The number of halogens is 1. The lowest BCUT2D eigenvalue weighted by atomic mass is 9.78. The summed E-state index contributed by atoms with van der Waals surface area (Å²) < 4.78 is 21.8. The molecule has 4 heterocycles. The summed E-state index contributed by atoms with van der Waals surface area (Å²) in [5.74, 6) is 0.127. The SMILES string of the molecule is CN1CCNC(=O)COc2ccc(F)cc2C(=O)N2CCCC[C@H]2c2cc3nc(C4CC(N)C4)cc1n3n2. The Morgan fingerprint density at radius 1 is 1.11 bits per heavy atom. The second-order valence-electron chi connectivity index (χ2n) is 10.5. The maximum Gasteiger partial charge on any atom is 0.258 e. The maximum atomic E-state index is 14.3. The first kappa shape index (κ1) is 24.6. The first-order valence-electron chi connectivity index (χ1n) is 13.2. The minimum atomic E-state index is -0.541. The second kappa shape index (κ2) is 9.86. The standard InChI is InChI=1S/C27H32FN7O3/c1-33-9-7-30-25(36)15-38-23-6-5-17(28)12-19(23)27(37)34-8-3-2-4-22(34)21-13-24-31-20(16-10-18(29)11-16)14-26(33)35(24)32-21/h5-6,12-14,16,18,22H,2-4,7-11,15,29H2,1H3,(H,30,36)/t16?,18?,22-/m0/s1. The number of aromatic nitrogens is 3. The van der Waals surface area contributed by atoms with Crippen molar-refractivity contribution in [3.05, 3.63) is 53.1 Å². The summed E-state index contributed by atoms with van der Waals surface area (Å²) in [5, 5.41) is 7.80. The fourth-order valence-corrected chi connectivity index (χ4v) is 5.65. The number of nitrogens with zero attached hydrogens (tertiary/aromatic N) is 5. The van der Waals surface area contributed by atoms with Gasteiger partial charge in [0.05, 0.1) is 17.3 Å². The van der Waals surface area contributed by atoms with Gasteiger partial charge in [-0.3, -0.25) is 9.59 Å². The number of likely N-dealkylation sites (N-methyl/N-ethyl adjacent to an activating group) is 1. The van der Waals surface area contributed by atoms with Crippen LogP contribution in [0.3, 0.4) is 0 Å². The Balaban J connectivity index is 1.46. The van der Waals surface area contributed by atoms with Crippen LogP contribution < -0.4 is 20.7 Å². The molecule has 200 valence electrons. The van der Waals surface area contributed by atoms with E-state index in [0.29, 0.717) is 31.2 Å². The summed E-state index contributed by atoms with van der Waals surface area (Å²) in [6.07, 6.45) is 4.30. The van der Waals surface area contributed by atoms with E-state index >= 15 is 0 Å². The molecule has 3 N–H and O–H groups in total. The van der Waals surface area contributed by atoms with Crippen LogP contribution in [0.2, 0.25) is 0 Å². The van der Waals surface area contributed by atoms with Gasteiger partial charge in [0.2, 0.25) is 0 Å². The number of ether oxygens (including phenoxy) is 1. The van der Waals surface area contributed by atoms with Crippen LogP contribution in [0, 0.1) is 5.82 Å². The third-order valence-corrected chi connectivity index (χ3v) is 7.84. The molecule has 0 unspecified atom stereocenters. The number of rotatable bonds is 1. The number of nitrogens with two attached hydrogens (primary N) is 1. The van der Waals surface area contributed by atoms with Crippen LogP contribution in [0.15, 0.2) is 30.3 Å². The van der Waals surface area contributed by atoms with E-state index in [1.54, 1.807) is 4.90 Å². The van der Waals surface area contributed by atoms with Crippen molar-refractivity contribution < 1.29 is 18.7 Å². The summed E-state index contributed by atoms with van der Waals surface area (Å²) >= 11 is 0. The van der Waals surface area contributed by atoms with Gasteiger partial charge >= 0.3 is 0 Å². The largest absolute Gasteiger partial charge is 0.483 e. The molecule has 2 bridgehead atoms. The molecule has 10 nitrogen and oxygen atoms in total.